The molecule has 0 atom stereocenters. The zero-order valence-electron chi connectivity index (χ0n) is 19.2. The van der Waals surface area contributed by atoms with Gasteiger partial charge in [-0.05, 0) is 43.0 Å². The van der Waals surface area contributed by atoms with Crippen molar-refractivity contribution in [2.75, 3.05) is 19.6 Å². The molecule has 0 unspecified atom stereocenters. The Morgan fingerprint density at radius 3 is 2.41 bits per heavy atom. The molecule has 2 heterocycles. The number of hydrogen-bond acceptors (Lipinski definition) is 6. The molecule has 0 aliphatic rings. The first-order valence-electron chi connectivity index (χ1n) is 10.7. The van der Waals surface area contributed by atoms with Crippen molar-refractivity contribution >= 4 is 38.2 Å². The second kappa shape index (κ2) is 10.1. The summed E-state index contributed by atoms with van der Waals surface area (Å²) in [7, 11) is -3.93. The van der Waals surface area contributed by atoms with Crippen molar-refractivity contribution < 1.29 is 17.6 Å². The highest BCUT2D eigenvalue weighted by molar-refractivity contribution is 7.89. The lowest BCUT2D eigenvalue weighted by atomic mass is 10.1. The van der Waals surface area contributed by atoms with Crippen LogP contribution < -0.4 is 0 Å². The third-order valence-corrected chi connectivity index (χ3v) is 7.61. The average molecular weight is 478 g/mol. The zero-order valence-corrected chi connectivity index (χ0v) is 20.9. The Bertz CT molecular complexity index is 1150. The van der Waals surface area contributed by atoms with Crippen LogP contribution in [0.15, 0.2) is 45.2 Å². The molecule has 0 N–H and O–H groups in total. The van der Waals surface area contributed by atoms with Crippen molar-refractivity contribution in [3.8, 4) is 0 Å². The second-order valence-corrected chi connectivity index (χ2v) is 11.7. The standard InChI is InChI=1S/C23H31N3O4S2/c1-16(2)11-25(12-17(3)4)23(27)14-26(13-22-24-18(5)15-31-22)32(28,29)20-6-7-21-19(10-20)8-9-30-21/h6-10,15-17H,11-14H2,1-5H3. The number of rotatable bonds is 10. The summed E-state index contributed by atoms with van der Waals surface area (Å²) >= 11 is 1.39. The molecule has 0 saturated carbocycles. The predicted molar refractivity (Wildman–Crippen MR) is 127 cm³/mol. The molecule has 9 heteroatoms. The van der Waals surface area contributed by atoms with Crippen LogP contribution in [0.1, 0.15) is 38.4 Å². The van der Waals surface area contributed by atoms with Gasteiger partial charge < -0.3 is 9.32 Å². The minimum atomic E-state index is -3.93. The van der Waals surface area contributed by atoms with Crippen molar-refractivity contribution in [2.45, 2.75) is 46.1 Å². The van der Waals surface area contributed by atoms with Crippen molar-refractivity contribution in [1.82, 2.24) is 14.2 Å². The highest BCUT2D eigenvalue weighted by Crippen LogP contribution is 2.25. The average Bonchev–Trinajstić information content (AvgIpc) is 3.34. The molecule has 174 valence electrons. The lowest BCUT2D eigenvalue weighted by molar-refractivity contribution is -0.132. The normalized spacial score (nSPS) is 12.4. The van der Waals surface area contributed by atoms with Gasteiger partial charge in [0.15, 0.2) is 0 Å². The smallest absolute Gasteiger partial charge is 0.243 e. The maximum Gasteiger partial charge on any atom is 0.243 e. The number of nitrogens with zero attached hydrogens (tertiary/aromatic N) is 3. The summed E-state index contributed by atoms with van der Waals surface area (Å²) in [4.78, 5) is 19.6. The molecule has 0 saturated heterocycles. The minimum Gasteiger partial charge on any atom is -0.464 e. The lowest BCUT2D eigenvalue weighted by Crippen LogP contribution is -2.45. The fourth-order valence-electron chi connectivity index (χ4n) is 3.52. The highest BCUT2D eigenvalue weighted by atomic mass is 32.2. The van der Waals surface area contributed by atoms with Crippen molar-refractivity contribution in [3.05, 3.63) is 46.6 Å². The van der Waals surface area contributed by atoms with Gasteiger partial charge in [-0.2, -0.15) is 4.31 Å². The molecule has 0 radical (unpaired) electrons. The monoisotopic (exact) mass is 477 g/mol. The van der Waals surface area contributed by atoms with E-state index < -0.39 is 10.0 Å². The summed E-state index contributed by atoms with van der Waals surface area (Å²) < 4.78 is 33.8. The van der Waals surface area contributed by atoms with Gasteiger partial charge in [0, 0.05) is 29.5 Å². The molecule has 0 aliphatic carbocycles. The van der Waals surface area contributed by atoms with Gasteiger partial charge in [0.25, 0.3) is 0 Å². The van der Waals surface area contributed by atoms with E-state index in [-0.39, 0.29) is 35.7 Å². The number of hydrogen-bond donors (Lipinski definition) is 0. The van der Waals surface area contributed by atoms with E-state index >= 15 is 0 Å². The first-order valence-corrected chi connectivity index (χ1v) is 13.0. The predicted octanol–water partition coefficient (Wildman–Crippen LogP) is 4.53. The first kappa shape index (κ1) is 24.4. The molecule has 32 heavy (non-hydrogen) atoms. The van der Waals surface area contributed by atoms with E-state index in [9.17, 15) is 13.2 Å². The topological polar surface area (TPSA) is 83.7 Å². The summed E-state index contributed by atoms with van der Waals surface area (Å²) in [6, 6.07) is 6.46. The molecule has 0 bridgehead atoms. The molecule has 0 fully saturated rings. The number of furan rings is 1. The molecular formula is C23H31N3O4S2. The molecular weight excluding hydrogens is 446 g/mol. The number of thiazole rings is 1. The van der Waals surface area contributed by atoms with Gasteiger partial charge >= 0.3 is 0 Å². The van der Waals surface area contributed by atoms with E-state index in [1.165, 1.54) is 28.0 Å². The maximum absolute atomic E-state index is 13.6. The van der Waals surface area contributed by atoms with Crippen molar-refractivity contribution in [2.24, 2.45) is 11.8 Å². The maximum atomic E-state index is 13.6. The number of sulfonamides is 1. The van der Waals surface area contributed by atoms with E-state index in [1.807, 2.05) is 40.0 Å². The number of carbonyl (C=O) groups is 1. The van der Waals surface area contributed by atoms with Crippen LogP contribution in [0.2, 0.25) is 0 Å². The van der Waals surface area contributed by atoms with Gasteiger partial charge in [0.1, 0.15) is 10.6 Å². The molecule has 2 aromatic heterocycles. The lowest BCUT2D eigenvalue weighted by Gasteiger charge is -2.29. The quantitative estimate of drug-likeness (QED) is 0.428. The number of aryl methyl sites for hydroxylation is 1. The Morgan fingerprint density at radius 2 is 1.81 bits per heavy atom. The summed E-state index contributed by atoms with van der Waals surface area (Å²) in [6.07, 6.45) is 1.52. The number of fused-ring (bicyclic) bond motifs is 1. The summed E-state index contributed by atoms with van der Waals surface area (Å²) in [6.45, 7) is 11.0. The van der Waals surface area contributed by atoms with Crippen LogP contribution >= 0.6 is 11.3 Å². The molecule has 3 rings (SSSR count). The molecule has 0 spiro atoms. The van der Waals surface area contributed by atoms with Crippen LogP contribution in [0.3, 0.4) is 0 Å². The van der Waals surface area contributed by atoms with Crippen LogP contribution in [0.5, 0.6) is 0 Å². The minimum absolute atomic E-state index is 0.0488. The Hall–Kier alpha value is -2.23. The van der Waals surface area contributed by atoms with Crippen LogP contribution in [-0.4, -0.2) is 48.1 Å². The summed E-state index contributed by atoms with van der Waals surface area (Å²) in [5, 5.41) is 3.23. The zero-order chi connectivity index (χ0) is 23.5. The van der Waals surface area contributed by atoms with E-state index in [2.05, 4.69) is 4.98 Å². The number of benzene rings is 1. The van der Waals surface area contributed by atoms with E-state index in [0.29, 0.717) is 29.1 Å². The highest BCUT2D eigenvalue weighted by Gasteiger charge is 2.30. The fourth-order valence-corrected chi connectivity index (χ4v) is 5.77. The summed E-state index contributed by atoms with van der Waals surface area (Å²) in [5.41, 5.74) is 1.44. The van der Waals surface area contributed by atoms with Gasteiger partial charge in [-0.3, -0.25) is 4.79 Å². The van der Waals surface area contributed by atoms with Gasteiger partial charge in [0.2, 0.25) is 15.9 Å². The first-order chi connectivity index (χ1) is 15.1. The molecule has 7 nitrogen and oxygen atoms in total. The van der Waals surface area contributed by atoms with Crippen LogP contribution in [-0.2, 0) is 21.4 Å². The van der Waals surface area contributed by atoms with E-state index in [0.717, 1.165) is 5.69 Å². The number of aromatic nitrogens is 1. The second-order valence-electron chi connectivity index (χ2n) is 8.86. The third kappa shape index (κ3) is 5.96. The molecule has 1 aromatic carbocycles. The molecule has 3 aromatic rings. The van der Waals surface area contributed by atoms with Crippen molar-refractivity contribution in [3.63, 3.8) is 0 Å². The molecule has 0 aliphatic heterocycles. The van der Waals surface area contributed by atoms with Gasteiger partial charge in [-0.15, -0.1) is 11.3 Å². The number of amides is 1. The Labute approximate surface area is 194 Å². The van der Waals surface area contributed by atoms with Gasteiger partial charge in [-0.1, -0.05) is 27.7 Å². The van der Waals surface area contributed by atoms with Gasteiger partial charge in [-0.25, -0.2) is 13.4 Å². The van der Waals surface area contributed by atoms with Crippen LogP contribution in [0, 0.1) is 18.8 Å². The SMILES string of the molecule is Cc1csc(CN(CC(=O)N(CC(C)C)CC(C)C)S(=O)(=O)c2ccc3occc3c2)n1. The largest absolute Gasteiger partial charge is 0.464 e. The van der Waals surface area contributed by atoms with Gasteiger partial charge in [0.05, 0.1) is 24.2 Å². The third-order valence-electron chi connectivity index (χ3n) is 4.88. The summed E-state index contributed by atoms with van der Waals surface area (Å²) in [5.74, 6) is 0.370. The Kier molecular flexibility index (Phi) is 7.74. The van der Waals surface area contributed by atoms with Crippen LogP contribution in [0.4, 0.5) is 0 Å². The Morgan fingerprint density at radius 1 is 1.12 bits per heavy atom. The van der Waals surface area contributed by atoms with E-state index in [1.54, 1.807) is 23.1 Å². The molecule has 1 amide bonds. The van der Waals surface area contributed by atoms with Crippen LogP contribution in [0.25, 0.3) is 11.0 Å². The van der Waals surface area contributed by atoms with E-state index in [4.69, 9.17) is 4.42 Å². The fraction of sp³-hybridized carbons (Fsp3) is 0.478. The Balaban J connectivity index is 1.93. The number of carbonyl (C=O) groups excluding carboxylic acids is 1. The van der Waals surface area contributed by atoms with Crippen molar-refractivity contribution in [1.29, 1.82) is 0 Å².